The number of benzene rings is 2. The number of hydrogen-bond acceptors (Lipinski definition) is 4. The summed E-state index contributed by atoms with van der Waals surface area (Å²) < 4.78 is 16.4. The Bertz CT molecular complexity index is 753. The lowest BCUT2D eigenvalue weighted by Gasteiger charge is -2.32. The van der Waals surface area contributed by atoms with E-state index in [1.165, 1.54) is 0 Å². The lowest BCUT2D eigenvalue weighted by atomic mass is 9.96. The first-order valence-corrected chi connectivity index (χ1v) is 9.75. The molecule has 0 unspecified atom stereocenters. The molecule has 0 saturated carbocycles. The average Bonchev–Trinajstić information content (AvgIpc) is 2.71. The first-order chi connectivity index (χ1) is 13.2. The van der Waals surface area contributed by atoms with Gasteiger partial charge in [0.2, 0.25) is 0 Å². The molecule has 1 fully saturated rings. The monoisotopic (exact) mass is 371 g/mol. The van der Waals surface area contributed by atoms with Gasteiger partial charge in [-0.15, -0.1) is 0 Å². The highest BCUT2D eigenvalue weighted by Crippen LogP contribution is 2.31. The summed E-state index contributed by atoms with van der Waals surface area (Å²) in [6.45, 7) is 5.99. The second-order valence-electron chi connectivity index (χ2n) is 6.90. The van der Waals surface area contributed by atoms with E-state index in [2.05, 4.69) is 0 Å². The van der Waals surface area contributed by atoms with E-state index in [-0.39, 0.29) is 5.91 Å². The predicted molar refractivity (Wildman–Crippen MR) is 106 cm³/mol. The van der Waals surface area contributed by atoms with Crippen molar-refractivity contribution in [3.8, 4) is 5.75 Å². The van der Waals surface area contributed by atoms with Crippen LogP contribution in [-0.4, -0.2) is 57.4 Å². The van der Waals surface area contributed by atoms with Crippen molar-refractivity contribution >= 4 is 16.7 Å². The standard InChI is InChI=1S/C22H29NO4/c1-3-27-20-9-8-18-6-4-5-7-19(18)21(20)22(24)23-12-10-17(11-13-23)16-26-15-14-25-2/h4-9,17H,3,10-16H2,1-2H3. The Morgan fingerprint density at radius 1 is 1.11 bits per heavy atom. The van der Waals surface area contributed by atoms with Gasteiger partial charge in [-0.05, 0) is 42.5 Å². The van der Waals surface area contributed by atoms with Crippen LogP contribution in [0.3, 0.4) is 0 Å². The molecule has 146 valence electrons. The van der Waals surface area contributed by atoms with Crippen LogP contribution >= 0.6 is 0 Å². The molecule has 1 aliphatic rings. The maximum Gasteiger partial charge on any atom is 0.258 e. The minimum absolute atomic E-state index is 0.0639. The molecule has 2 aromatic rings. The van der Waals surface area contributed by atoms with Gasteiger partial charge in [0.25, 0.3) is 5.91 Å². The third-order valence-corrected chi connectivity index (χ3v) is 5.09. The predicted octanol–water partition coefficient (Wildman–Crippen LogP) is 3.75. The summed E-state index contributed by atoms with van der Waals surface area (Å²) >= 11 is 0. The third-order valence-electron chi connectivity index (χ3n) is 5.09. The number of carbonyl (C=O) groups is 1. The van der Waals surface area contributed by atoms with Gasteiger partial charge in [-0.25, -0.2) is 0 Å². The van der Waals surface area contributed by atoms with Gasteiger partial charge in [-0.2, -0.15) is 0 Å². The van der Waals surface area contributed by atoms with E-state index in [0.717, 1.165) is 43.3 Å². The molecular formula is C22H29NO4. The maximum absolute atomic E-state index is 13.3. The molecule has 5 nitrogen and oxygen atoms in total. The summed E-state index contributed by atoms with van der Waals surface area (Å²) in [6, 6.07) is 11.9. The molecule has 1 saturated heterocycles. The largest absolute Gasteiger partial charge is 0.493 e. The molecular weight excluding hydrogens is 342 g/mol. The molecule has 1 aliphatic heterocycles. The molecule has 0 radical (unpaired) electrons. The Balaban J connectivity index is 1.70. The Morgan fingerprint density at radius 2 is 1.89 bits per heavy atom. The molecule has 2 aromatic carbocycles. The van der Waals surface area contributed by atoms with Gasteiger partial charge < -0.3 is 19.1 Å². The minimum atomic E-state index is 0.0639. The molecule has 0 aliphatic carbocycles. The van der Waals surface area contributed by atoms with Gasteiger partial charge in [0, 0.05) is 26.8 Å². The van der Waals surface area contributed by atoms with Gasteiger partial charge in [-0.1, -0.05) is 30.3 Å². The summed E-state index contributed by atoms with van der Waals surface area (Å²) in [5, 5.41) is 2.02. The van der Waals surface area contributed by atoms with E-state index in [4.69, 9.17) is 14.2 Å². The first-order valence-electron chi connectivity index (χ1n) is 9.75. The van der Waals surface area contributed by atoms with Gasteiger partial charge >= 0.3 is 0 Å². The molecule has 27 heavy (non-hydrogen) atoms. The Kier molecular flexibility index (Phi) is 7.07. The van der Waals surface area contributed by atoms with Crippen molar-refractivity contribution in [3.63, 3.8) is 0 Å². The summed E-state index contributed by atoms with van der Waals surface area (Å²) in [5.41, 5.74) is 0.685. The van der Waals surface area contributed by atoms with E-state index < -0.39 is 0 Å². The smallest absolute Gasteiger partial charge is 0.258 e. The number of fused-ring (bicyclic) bond motifs is 1. The van der Waals surface area contributed by atoms with E-state index >= 15 is 0 Å². The van der Waals surface area contributed by atoms with Gasteiger partial charge in [0.05, 0.1) is 25.4 Å². The molecule has 0 spiro atoms. The topological polar surface area (TPSA) is 48.0 Å². The minimum Gasteiger partial charge on any atom is -0.493 e. The van der Waals surface area contributed by atoms with Crippen molar-refractivity contribution in [2.75, 3.05) is 46.6 Å². The fraction of sp³-hybridized carbons (Fsp3) is 0.500. The first kappa shape index (κ1) is 19.6. The highest BCUT2D eigenvalue weighted by Gasteiger charge is 2.27. The van der Waals surface area contributed by atoms with Gasteiger partial charge in [0.1, 0.15) is 5.75 Å². The SMILES string of the molecule is CCOc1ccc2ccccc2c1C(=O)N1CCC(COCCOC)CC1. The van der Waals surface area contributed by atoms with Crippen LogP contribution in [-0.2, 0) is 9.47 Å². The number of likely N-dealkylation sites (tertiary alicyclic amines) is 1. The maximum atomic E-state index is 13.3. The summed E-state index contributed by atoms with van der Waals surface area (Å²) in [7, 11) is 1.68. The fourth-order valence-electron chi connectivity index (χ4n) is 3.60. The van der Waals surface area contributed by atoms with Crippen LogP contribution in [0.1, 0.15) is 30.1 Å². The van der Waals surface area contributed by atoms with Crippen LogP contribution in [0.4, 0.5) is 0 Å². The molecule has 1 heterocycles. The zero-order chi connectivity index (χ0) is 19.1. The number of amides is 1. The van der Waals surface area contributed by atoms with Crippen molar-refractivity contribution in [2.45, 2.75) is 19.8 Å². The normalized spacial score (nSPS) is 15.3. The van der Waals surface area contributed by atoms with Gasteiger partial charge in [-0.3, -0.25) is 4.79 Å². The summed E-state index contributed by atoms with van der Waals surface area (Å²) in [5.74, 6) is 1.24. The lowest BCUT2D eigenvalue weighted by Crippen LogP contribution is -2.39. The number of nitrogens with zero attached hydrogens (tertiary/aromatic N) is 1. The molecule has 1 amide bonds. The molecule has 0 aromatic heterocycles. The van der Waals surface area contributed by atoms with Crippen molar-refractivity contribution in [1.82, 2.24) is 4.90 Å². The Hall–Kier alpha value is -2.11. The number of rotatable bonds is 8. The zero-order valence-corrected chi connectivity index (χ0v) is 16.3. The molecule has 5 heteroatoms. The van der Waals surface area contributed by atoms with E-state index in [1.807, 2.05) is 48.2 Å². The van der Waals surface area contributed by atoms with Crippen LogP contribution in [0.15, 0.2) is 36.4 Å². The van der Waals surface area contributed by atoms with Gasteiger partial charge in [0.15, 0.2) is 0 Å². The second kappa shape index (κ2) is 9.72. The van der Waals surface area contributed by atoms with Crippen LogP contribution in [0.25, 0.3) is 10.8 Å². The third kappa shape index (κ3) is 4.79. The van der Waals surface area contributed by atoms with E-state index in [9.17, 15) is 4.79 Å². The molecule has 0 N–H and O–H groups in total. The number of methoxy groups -OCH3 is 1. The zero-order valence-electron chi connectivity index (χ0n) is 16.3. The molecule has 3 rings (SSSR count). The van der Waals surface area contributed by atoms with Crippen molar-refractivity contribution in [2.24, 2.45) is 5.92 Å². The summed E-state index contributed by atoms with van der Waals surface area (Å²) in [6.07, 6.45) is 1.93. The Morgan fingerprint density at radius 3 is 2.63 bits per heavy atom. The number of carbonyl (C=O) groups excluding carboxylic acids is 1. The Labute approximate surface area is 161 Å². The second-order valence-corrected chi connectivity index (χ2v) is 6.90. The lowest BCUT2D eigenvalue weighted by molar-refractivity contribution is 0.0327. The van der Waals surface area contributed by atoms with Crippen molar-refractivity contribution < 1.29 is 19.0 Å². The highest BCUT2D eigenvalue weighted by atomic mass is 16.5. The van der Waals surface area contributed by atoms with E-state index in [0.29, 0.717) is 37.1 Å². The van der Waals surface area contributed by atoms with E-state index in [1.54, 1.807) is 7.11 Å². The quantitative estimate of drug-likeness (QED) is 0.663. The number of ether oxygens (including phenoxy) is 3. The molecule has 0 bridgehead atoms. The van der Waals surface area contributed by atoms with Crippen LogP contribution in [0.2, 0.25) is 0 Å². The fourth-order valence-corrected chi connectivity index (χ4v) is 3.60. The van der Waals surface area contributed by atoms with Crippen molar-refractivity contribution in [3.05, 3.63) is 42.0 Å². The number of hydrogen-bond donors (Lipinski definition) is 0. The summed E-state index contributed by atoms with van der Waals surface area (Å²) in [4.78, 5) is 15.3. The number of piperidine rings is 1. The average molecular weight is 371 g/mol. The molecule has 0 atom stereocenters. The van der Waals surface area contributed by atoms with Crippen molar-refractivity contribution in [1.29, 1.82) is 0 Å². The van der Waals surface area contributed by atoms with Crippen LogP contribution < -0.4 is 4.74 Å². The highest BCUT2D eigenvalue weighted by molar-refractivity contribution is 6.09. The van der Waals surface area contributed by atoms with Crippen LogP contribution in [0.5, 0.6) is 5.75 Å². The van der Waals surface area contributed by atoms with Crippen LogP contribution in [0, 0.1) is 5.92 Å².